The highest BCUT2D eigenvalue weighted by Crippen LogP contribution is 2.36. The van der Waals surface area contributed by atoms with E-state index in [9.17, 15) is 19.1 Å². The number of rotatable bonds is 4. The Balaban J connectivity index is 1.18. The van der Waals surface area contributed by atoms with Gasteiger partial charge in [-0.2, -0.15) is 0 Å². The fourth-order valence-corrected chi connectivity index (χ4v) is 5.48. The average molecular weight is 534 g/mol. The highest BCUT2D eigenvalue weighted by molar-refractivity contribution is 6.58. The molecule has 0 aliphatic carbocycles. The van der Waals surface area contributed by atoms with Crippen LogP contribution in [0.5, 0.6) is 5.88 Å². The molecule has 202 valence electrons. The summed E-state index contributed by atoms with van der Waals surface area (Å²) in [6.07, 6.45) is 0.331. The minimum absolute atomic E-state index is 0.0919. The van der Waals surface area contributed by atoms with Gasteiger partial charge in [0.2, 0.25) is 0 Å². The minimum Gasteiger partial charge on any atom is -0.494 e. The maximum Gasteiger partial charge on any atom is 0.410 e. The Kier molecular flexibility index (Phi) is 5.81. The van der Waals surface area contributed by atoms with E-state index in [1.807, 2.05) is 39.0 Å². The molecule has 39 heavy (non-hydrogen) atoms. The number of aromatic hydroxyl groups is 1. The molecule has 2 bridgehead atoms. The minimum atomic E-state index is -0.583. The summed E-state index contributed by atoms with van der Waals surface area (Å²) in [4.78, 5) is 42.0. The third-order valence-corrected chi connectivity index (χ3v) is 7.13. The van der Waals surface area contributed by atoms with Crippen molar-refractivity contribution >= 4 is 40.0 Å². The Bertz CT molecular complexity index is 1560. The third-order valence-electron chi connectivity index (χ3n) is 7.13. The second-order valence-electron chi connectivity index (χ2n) is 11.0. The van der Waals surface area contributed by atoms with Crippen LogP contribution in [-0.4, -0.2) is 80.7 Å². The van der Waals surface area contributed by atoms with Crippen LogP contribution in [0.25, 0.3) is 10.9 Å². The zero-order valence-electron chi connectivity index (χ0n) is 21.8. The molecule has 3 aliphatic rings. The van der Waals surface area contributed by atoms with Crippen LogP contribution in [0.2, 0.25) is 0 Å². The number of piperazine rings is 1. The van der Waals surface area contributed by atoms with Gasteiger partial charge in [-0.15, -0.1) is 0 Å². The number of likely N-dealkylation sites (tertiary alicyclic amines) is 2. The molecule has 10 nitrogen and oxygen atoms in total. The van der Waals surface area contributed by atoms with Crippen molar-refractivity contribution in [3.63, 3.8) is 0 Å². The topological polar surface area (TPSA) is 120 Å². The Labute approximate surface area is 223 Å². The van der Waals surface area contributed by atoms with E-state index in [0.717, 1.165) is 0 Å². The normalized spacial score (nSPS) is 21.0. The predicted octanol–water partition coefficient (Wildman–Crippen LogP) is 4.09. The van der Waals surface area contributed by atoms with Crippen LogP contribution >= 0.6 is 0 Å². The summed E-state index contributed by atoms with van der Waals surface area (Å²) < 4.78 is 19.5. The number of H-pyrrole nitrogens is 1. The van der Waals surface area contributed by atoms with Crippen molar-refractivity contribution in [2.24, 2.45) is 10.1 Å². The number of fused-ring (bicyclic) bond motifs is 4. The number of nitrogens with one attached hydrogen (secondary N) is 1. The highest BCUT2D eigenvalue weighted by atomic mass is 19.1. The molecular weight excluding hydrogens is 505 g/mol. The molecule has 0 spiro atoms. The van der Waals surface area contributed by atoms with E-state index in [-0.39, 0.29) is 36.6 Å². The largest absolute Gasteiger partial charge is 0.494 e. The van der Waals surface area contributed by atoms with E-state index in [2.05, 4.69) is 15.1 Å². The van der Waals surface area contributed by atoms with E-state index in [4.69, 9.17) is 9.57 Å². The first-order valence-corrected chi connectivity index (χ1v) is 12.8. The van der Waals surface area contributed by atoms with E-state index in [1.165, 1.54) is 18.2 Å². The van der Waals surface area contributed by atoms with Gasteiger partial charge in [0.05, 0.1) is 23.3 Å². The summed E-state index contributed by atoms with van der Waals surface area (Å²) in [5.74, 6) is -0.865. The maximum absolute atomic E-state index is 14.1. The standard InChI is InChI=1S/C28H28FN5O5/c1-28(2,3)39-27(37)34-13-16-11-17(34)12-33(16)22(35)14-38-32-24-18-6-4-5-7-20(18)30-25(24)23-19-10-15(29)8-9-21(19)31-26(23)36/h4-10,16-17,31,36H,11-14H2,1-3H3/b32-24+/t16-,17-/m0/s1. The number of amides is 2. The number of aromatic amines is 1. The SMILES string of the molecule is CC(C)(C)OC(=O)N1C[C@@H]2C[C@H]1CN2C(=O)CO/N=C1/C(c2c(O)[nH]c3ccc(F)cc23)=Nc2ccccc21. The van der Waals surface area contributed by atoms with Crippen LogP contribution in [-0.2, 0) is 14.4 Å². The van der Waals surface area contributed by atoms with Crippen molar-refractivity contribution in [2.75, 3.05) is 19.7 Å². The molecule has 4 heterocycles. The molecule has 2 amide bonds. The Morgan fingerprint density at radius 1 is 1.15 bits per heavy atom. The fourth-order valence-electron chi connectivity index (χ4n) is 5.48. The van der Waals surface area contributed by atoms with Gasteiger partial charge in [-0.1, -0.05) is 23.4 Å². The Morgan fingerprint density at radius 3 is 2.64 bits per heavy atom. The molecule has 2 atom stereocenters. The lowest BCUT2D eigenvalue weighted by Crippen LogP contribution is -2.52. The highest BCUT2D eigenvalue weighted by Gasteiger charge is 2.48. The number of ether oxygens (including phenoxy) is 1. The summed E-state index contributed by atoms with van der Waals surface area (Å²) >= 11 is 0. The Morgan fingerprint density at radius 2 is 1.90 bits per heavy atom. The molecule has 3 aromatic rings. The van der Waals surface area contributed by atoms with Gasteiger partial charge in [-0.3, -0.25) is 4.79 Å². The second kappa shape index (κ2) is 9.11. The lowest BCUT2D eigenvalue weighted by molar-refractivity contribution is -0.138. The molecule has 2 N–H and O–H groups in total. The maximum atomic E-state index is 14.1. The van der Waals surface area contributed by atoms with E-state index >= 15 is 0 Å². The molecule has 11 heteroatoms. The summed E-state index contributed by atoms with van der Waals surface area (Å²) in [5.41, 5.74) is 2.18. The number of oxime groups is 1. The van der Waals surface area contributed by atoms with Crippen molar-refractivity contribution in [2.45, 2.75) is 44.9 Å². The molecule has 2 aromatic carbocycles. The number of aliphatic imine (C=N–C) groups is 1. The number of hydrogen-bond acceptors (Lipinski definition) is 7. The number of carbonyl (C=O) groups is 2. The number of nitrogens with zero attached hydrogens (tertiary/aromatic N) is 4. The zero-order chi connectivity index (χ0) is 27.5. The molecule has 0 radical (unpaired) electrons. The quantitative estimate of drug-likeness (QED) is 0.490. The lowest BCUT2D eigenvalue weighted by atomic mass is 10.0. The fraction of sp³-hybridized carbons (Fsp3) is 0.357. The predicted molar refractivity (Wildman–Crippen MR) is 142 cm³/mol. The first-order valence-electron chi connectivity index (χ1n) is 12.8. The van der Waals surface area contributed by atoms with Crippen molar-refractivity contribution in [3.05, 3.63) is 59.4 Å². The number of hydrogen-bond donors (Lipinski definition) is 2. The van der Waals surface area contributed by atoms with Crippen molar-refractivity contribution in [1.82, 2.24) is 14.8 Å². The first-order chi connectivity index (χ1) is 18.6. The van der Waals surface area contributed by atoms with Gasteiger partial charge in [0.25, 0.3) is 5.91 Å². The number of aromatic nitrogens is 1. The van der Waals surface area contributed by atoms with E-state index < -0.39 is 11.4 Å². The summed E-state index contributed by atoms with van der Waals surface area (Å²) in [7, 11) is 0. The van der Waals surface area contributed by atoms with Crippen molar-refractivity contribution in [1.29, 1.82) is 0 Å². The molecule has 1 aromatic heterocycles. The van der Waals surface area contributed by atoms with Gasteiger partial charge in [0.1, 0.15) is 22.8 Å². The van der Waals surface area contributed by atoms with E-state index in [0.29, 0.717) is 58.7 Å². The number of para-hydroxylation sites is 1. The smallest absolute Gasteiger partial charge is 0.410 e. The summed E-state index contributed by atoms with van der Waals surface area (Å²) in [5, 5.41) is 15.4. The van der Waals surface area contributed by atoms with Crippen LogP contribution in [0, 0.1) is 5.82 Å². The molecule has 2 saturated heterocycles. The number of benzene rings is 2. The molecular formula is C28H28FN5O5. The van der Waals surface area contributed by atoms with Crippen LogP contribution in [0.1, 0.15) is 38.3 Å². The van der Waals surface area contributed by atoms with Crippen LogP contribution in [0.15, 0.2) is 52.6 Å². The number of carbonyl (C=O) groups excluding carboxylic acids is 2. The molecule has 0 saturated carbocycles. The molecule has 2 fully saturated rings. The molecule has 6 rings (SSSR count). The van der Waals surface area contributed by atoms with Gasteiger partial charge in [-0.05, 0) is 51.5 Å². The van der Waals surface area contributed by atoms with Crippen LogP contribution < -0.4 is 0 Å². The van der Waals surface area contributed by atoms with Crippen molar-refractivity contribution in [3.8, 4) is 5.88 Å². The van der Waals surface area contributed by atoms with Crippen LogP contribution in [0.4, 0.5) is 14.9 Å². The summed E-state index contributed by atoms with van der Waals surface area (Å²) in [6.45, 7) is 6.00. The summed E-state index contributed by atoms with van der Waals surface area (Å²) in [6, 6.07) is 11.2. The number of halogens is 1. The monoisotopic (exact) mass is 533 g/mol. The van der Waals surface area contributed by atoms with Gasteiger partial charge in [0.15, 0.2) is 12.5 Å². The lowest BCUT2D eigenvalue weighted by Gasteiger charge is -2.35. The third kappa shape index (κ3) is 4.47. The van der Waals surface area contributed by atoms with Gasteiger partial charge in [-0.25, -0.2) is 14.2 Å². The molecule has 3 aliphatic heterocycles. The van der Waals surface area contributed by atoms with Gasteiger partial charge < -0.3 is 29.5 Å². The Hall–Kier alpha value is -4.41. The first kappa shape index (κ1) is 24.9. The van der Waals surface area contributed by atoms with Gasteiger partial charge in [0, 0.05) is 29.6 Å². The second-order valence-corrected chi connectivity index (χ2v) is 11.0. The average Bonchev–Trinajstić information content (AvgIpc) is 3.63. The van der Waals surface area contributed by atoms with Crippen molar-refractivity contribution < 1.29 is 28.7 Å². The molecule has 0 unspecified atom stereocenters. The zero-order valence-corrected chi connectivity index (χ0v) is 21.8. The van der Waals surface area contributed by atoms with E-state index in [1.54, 1.807) is 15.9 Å². The van der Waals surface area contributed by atoms with Crippen LogP contribution in [0.3, 0.4) is 0 Å². The van der Waals surface area contributed by atoms with Gasteiger partial charge >= 0.3 is 6.09 Å².